The molecule has 1 atom stereocenters. The van der Waals surface area contributed by atoms with Crippen molar-refractivity contribution in [2.45, 2.75) is 12.2 Å². The minimum absolute atomic E-state index is 0.00468. The molecule has 2 N–H and O–H groups in total. The minimum atomic E-state index is -4.49. The summed E-state index contributed by atoms with van der Waals surface area (Å²) in [6.45, 7) is 0.355. The largest absolute Gasteiger partial charge is 0.416 e. The van der Waals surface area contributed by atoms with E-state index in [-0.39, 0.29) is 36.9 Å². The van der Waals surface area contributed by atoms with Crippen LogP contribution >= 0.6 is 0 Å². The molecular weight excluding hydrogens is 473 g/mol. The van der Waals surface area contributed by atoms with Crippen molar-refractivity contribution in [2.75, 3.05) is 30.3 Å². The molecule has 3 aromatic rings. The second-order valence-corrected chi connectivity index (χ2v) is 8.58. The standard InChI is InChI=1S/C26H21F3N4O3/c27-26(28,29)18-6-4-5-16(13-18)17-9-10-21-20(14-17)24(35)33-12-11-32(15-22(33)23(34)31-21)25(36)30-19-7-2-1-3-8-19/h1-10,13-14,22H,11-12,15H2,(H,30,36)(H,31,34)/t22-/m0/s1. The second-order valence-electron chi connectivity index (χ2n) is 8.58. The number of nitrogens with zero attached hydrogens (tertiary/aromatic N) is 2. The smallest absolute Gasteiger partial charge is 0.323 e. The summed E-state index contributed by atoms with van der Waals surface area (Å²) >= 11 is 0. The van der Waals surface area contributed by atoms with Crippen molar-refractivity contribution < 1.29 is 27.6 Å². The lowest BCUT2D eigenvalue weighted by atomic mass is 9.99. The highest BCUT2D eigenvalue weighted by Crippen LogP contribution is 2.34. The number of hydrogen-bond donors (Lipinski definition) is 2. The van der Waals surface area contributed by atoms with E-state index in [1.54, 1.807) is 30.3 Å². The number of para-hydroxylation sites is 1. The maximum Gasteiger partial charge on any atom is 0.416 e. The monoisotopic (exact) mass is 494 g/mol. The van der Waals surface area contributed by atoms with E-state index in [9.17, 15) is 27.6 Å². The SMILES string of the molecule is O=C1Nc2ccc(-c3cccc(C(F)(F)F)c3)cc2C(=O)N2CCN(C(=O)Nc3ccccc3)C[C@@H]12. The van der Waals surface area contributed by atoms with Crippen LogP contribution in [0.4, 0.5) is 29.3 Å². The molecule has 4 amide bonds. The lowest BCUT2D eigenvalue weighted by Gasteiger charge is -2.39. The highest BCUT2D eigenvalue weighted by molar-refractivity contribution is 6.11. The summed E-state index contributed by atoms with van der Waals surface area (Å²) in [6.07, 6.45) is -4.49. The quantitative estimate of drug-likeness (QED) is 0.543. The third kappa shape index (κ3) is 4.49. The minimum Gasteiger partial charge on any atom is -0.323 e. The zero-order valence-electron chi connectivity index (χ0n) is 18.9. The van der Waals surface area contributed by atoms with Gasteiger partial charge in [0.1, 0.15) is 6.04 Å². The van der Waals surface area contributed by atoms with Crippen LogP contribution in [0.1, 0.15) is 15.9 Å². The highest BCUT2D eigenvalue weighted by atomic mass is 19.4. The molecule has 2 heterocycles. The fourth-order valence-electron chi connectivity index (χ4n) is 4.41. The van der Waals surface area contributed by atoms with Crippen LogP contribution in [0.25, 0.3) is 11.1 Å². The summed E-state index contributed by atoms with van der Waals surface area (Å²) in [5, 5.41) is 5.51. The molecule has 1 fully saturated rings. The van der Waals surface area contributed by atoms with E-state index >= 15 is 0 Å². The van der Waals surface area contributed by atoms with Gasteiger partial charge in [0, 0.05) is 18.8 Å². The molecule has 0 aliphatic carbocycles. The summed E-state index contributed by atoms with van der Waals surface area (Å²) in [4.78, 5) is 42.1. The van der Waals surface area contributed by atoms with Crippen molar-refractivity contribution >= 4 is 29.2 Å². The number of alkyl halides is 3. The molecule has 2 aliphatic rings. The van der Waals surface area contributed by atoms with Crippen molar-refractivity contribution in [1.82, 2.24) is 9.80 Å². The number of fused-ring (bicyclic) bond motifs is 2. The van der Waals surface area contributed by atoms with Gasteiger partial charge in [-0.25, -0.2) is 4.79 Å². The number of amides is 4. The number of anilines is 2. The molecule has 36 heavy (non-hydrogen) atoms. The number of benzene rings is 3. The van der Waals surface area contributed by atoms with Gasteiger partial charge in [-0.2, -0.15) is 13.2 Å². The molecule has 0 spiro atoms. The van der Waals surface area contributed by atoms with Crippen molar-refractivity contribution in [3.05, 3.63) is 83.9 Å². The van der Waals surface area contributed by atoms with Gasteiger partial charge in [0.25, 0.3) is 5.91 Å². The number of urea groups is 1. The zero-order valence-corrected chi connectivity index (χ0v) is 18.9. The fourth-order valence-corrected chi connectivity index (χ4v) is 4.41. The lowest BCUT2D eigenvalue weighted by Crippen LogP contribution is -2.60. The van der Waals surface area contributed by atoms with Crippen LogP contribution in [0.5, 0.6) is 0 Å². The van der Waals surface area contributed by atoms with Gasteiger partial charge in [0.05, 0.1) is 23.4 Å². The number of carbonyl (C=O) groups is 3. The predicted octanol–water partition coefficient (Wildman–Crippen LogP) is 4.68. The van der Waals surface area contributed by atoms with E-state index < -0.39 is 29.6 Å². The fraction of sp³-hybridized carbons (Fsp3) is 0.192. The Morgan fingerprint density at radius 2 is 1.67 bits per heavy atom. The molecule has 5 rings (SSSR count). The molecular formula is C26H21F3N4O3. The topological polar surface area (TPSA) is 81.8 Å². The molecule has 10 heteroatoms. The molecule has 0 bridgehead atoms. The van der Waals surface area contributed by atoms with Gasteiger partial charge in [-0.05, 0) is 47.5 Å². The summed E-state index contributed by atoms with van der Waals surface area (Å²) in [5.41, 5.74) is 0.996. The van der Waals surface area contributed by atoms with E-state index in [2.05, 4.69) is 10.6 Å². The van der Waals surface area contributed by atoms with Crippen LogP contribution in [0.2, 0.25) is 0 Å². The van der Waals surface area contributed by atoms with E-state index in [1.165, 1.54) is 34.1 Å². The van der Waals surface area contributed by atoms with Crippen molar-refractivity contribution in [3.8, 4) is 11.1 Å². The number of rotatable bonds is 2. The average molecular weight is 494 g/mol. The van der Waals surface area contributed by atoms with Gasteiger partial charge in [0.15, 0.2) is 0 Å². The van der Waals surface area contributed by atoms with Crippen LogP contribution < -0.4 is 10.6 Å². The van der Waals surface area contributed by atoms with E-state index in [4.69, 9.17) is 0 Å². The molecule has 0 radical (unpaired) electrons. The van der Waals surface area contributed by atoms with Crippen LogP contribution in [-0.2, 0) is 11.0 Å². The molecule has 0 saturated carbocycles. The number of carbonyl (C=O) groups excluding carboxylic acids is 3. The van der Waals surface area contributed by atoms with Gasteiger partial charge in [-0.3, -0.25) is 9.59 Å². The Balaban J connectivity index is 1.39. The van der Waals surface area contributed by atoms with Crippen molar-refractivity contribution in [2.24, 2.45) is 0 Å². The lowest BCUT2D eigenvalue weighted by molar-refractivity contribution is -0.137. The van der Waals surface area contributed by atoms with Crippen LogP contribution in [0, 0.1) is 0 Å². The molecule has 7 nitrogen and oxygen atoms in total. The normalized spacial score (nSPS) is 17.6. The first-order valence-electron chi connectivity index (χ1n) is 11.3. The van der Waals surface area contributed by atoms with Gasteiger partial charge < -0.3 is 20.4 Å². The van der Waals surface area contributed by atoms with Crippen molar-refractivity contribution in [1.29, 1.82) is 0 Å². The Hall–Kier alpha value is -4.34. The first kappa shape index (κ1) is 23.4. The van der Waals surface area contributed by atoms with Gasteiger partial charge in [0.2, 0.25) is 5.91 Å². The predicted molar refractivity (Wildman–Crippen MR) is 127 cm³/mol. The molecule has 184 valence electrons. The zero-order chi connectivity index (χ0) is 25.4. The van der Waals surface area contributed by atoms with E-state index in [1.807, 2.05) is 6.07 Å². The Bertz CT molecular complexity index is 1340. The Morgan fingerprint density at radius 1 is 0.917 bits per heavy atom. The highest BCUT2D eigenvalue weighted by Gasteiger charge is 2.40. The first-order valence-corrected chi connectivity index (χ1v) is 11.3. The Labute approximate surface area is 204 Å². The molecule has 3 aromatic carbocycles. The van der Waals surface area contributed by atoms with Crippen LogP contribution in [-0.4, -0.2) is 53.3 Å². The molecule has 0 unspecified atom stereocenters. The van der Waals surface area contributed by atoms with Crippen LogP contribution in [0.3, 0.4) is 0 Å². The van der Waals surface area contributed by atoms with Gasteiger partial charge >= 0.3 is 12.2 Å². The van der Waals surface area contributed by atoms with Crippen molar-refractivity contribution in [3.63, 3.8) is 0 Å². The molecule has 1 saturated heterocycles. The summed E-state index contributed by atoms with van der Waals surface area (Å²) in [6, 6.07) is 17.0. The third-order valence-electron chi connectivity index (χ3n) is 6.29. The number of piperazine rings is 1. The van der Waals surface area contributed by atoms with Gasteiger partial charge in [-0.15, -0.1) is 0 Å². The third-order valence-corrected chi connectivity index (χ3v) is 6.29. The maximum absolute atomic E-state index is 13.4. The van der Waals surface area contributed by atoms with E-state index in [0.717, 1.165) is 12.1 Å². The first-order chi connectivity index (χ1) is 17.2. The Kier molecular flexibility index (Phi) is 5.87. The number of hydrogen-bond acceptors (Lipinski definition) is 3. The number of nitrogens with one attached hydrogen (secondary N) is 2. The summed E-state index contributed by atoms with van der Waals surface area (Å²) < 4.78 is 39.5. The van der Waals surface area contributed by atoms with Gasteiger partial charge in [-0.1, -0.05) is 36.4 Å². The average Bonchev–Trinajstić information content (AvgIpc) is 2.98. The Morgan fingerprint density at radius 3 is 2.42 bits per heavy atom. The second kappa shape index (κ2) is 9.03. The summed E-state index contributed by atoms with van der Waals surface area (Å²) in [7, 11) is 0. The van der Waals surface area contributed by atoms with Crippen LogP contribution in [0.15, 0.2) is 72.8 Å². The molecule has 0 aromatic heterocycles. The maximum atomic E-state index is 13.4. The number of halogens is 3. The van der Waals surface area contributed by atoms with E-state index in [0.29, 0.717) is 16.8 Å². The molecule has 2 aliphatic heterocycles. The summed E-state index contributed by atoms with van der Waals surface area (Å²) in [5.74, 6) is -0.864.